The molecule has 0 spiro atoms. The van der Waals surface area contributed by atoms with E-state index in [1.54, 1.807) is 11.0 Å². The van der Waals surface area contributed by atoms with Gasteiger partial charge in [-0.3, -0.25) is 9.48 Å². The summed E-state index contributed by atoms with van der Waals surface area (Å²) >= 11 is 0. The first-order chi connectivity index (χ1) is 8.24. The van der Waals surface area contributed by atoms with Gasteiger partial charge in [-0.1, -0.05) is 0 Å². The van der Waals surface area contributed by atoms with Crippen LogP contribution in [0.2, 0.25) is 0 Å². The van der Waals surface area contributed by atoms with Crippen molar-refractivity contribution < 1.29 is 9.18 Å². The molecule has 0 atom stereocenters. The molecule has 1 amide bonds. The highest BCUT2D eigenvalue weighted by molar-refractivity contribution is 5.90. The molecular weight excluding hydrogens is 223 g/mol. The van der Waals surface area contributed by atoms with E-state index in [-0.39, 0.29) is 11.7 Å². The Kier molecular flexibility index (Phi) is 3.44. The fourth-order valence-electron chi connectivity index (χ4n) is 1.32. The van der Waals surface area contributed by atoms with Crippen molar-refractivity contribution in [2.24, 2.45) is 0 Å². The van der Waals surface area contributed by atoms with Crippen molar-refractivity contribution >= 4 is 11.6 Å². The van der Waals surface area contributed by atoms with E-state index in [0.717, 1.165) is 0 Å². The Hall–Kier alpha value is -2.24. The normalized spacial score (nSPS) is 10.2. The van der Waals surface area contributed by atoms with Gasteiger partial charge >= 0.3 is 0 Å². The van der Waals surface area contributed by atoms with Gasteiger partial charge in [0.1, 0.15) is 18.5 Å². The van der Waals surface area contributed by atoms with Crippen LogP contribution in [0.5, 0.6) is 0 Å². The number of halogens is 1. The minimum absolute atomic E-state index is 0.146. The van der Waals surface area contributed by atoms with Gasteiger partial charge in [0.25, 0.3) is 0 Å². The number of anilines is 1. The Labute approximate surface area is 97.3 Å². The van der Waals surface area contributed by atoms with Crippen LogP contribution in [-0.2, 0) is 11.3 Å². The number of benzene rings is 1. The third kappa shape index (κ3) is 3.37. The second-order valence-electron chi connectivity index (χ2n) is 3.46. The Bertz CT molecular complexity index is 481. The molecule has 2 rings (SSSR count). The van der Waals surface area contributed by atoms with E-state index in [0.29, 0.717) is 18.7 Å². The Morgan fingerprint density at radius 3 is 2.76 bits per heavy atom. The van der Waals surface area contributed by atoms with Crippen LogP contribution in [0.1, 0.15) is 6.42 Å². The molecule has 1 heterocycles. The third-order valence-electron chi connectivity index (χ3n) is 2.16. The standard InChI is InChI=1S/C11H11FN4O/c12-9-1-3-10(4-2-9)15-11(17)5-6-16-8-13-7-14-16/h1-4,7-8H,5-6H2,(H,15,17). The maximum atomic E-state index is 12.6. The van der Waals surface area contributed by atoms with E-state index in [9.17, 15) is 9.18 Å². The van der Waals surface area contributed by atoms with Crippen molar-refractivity contribution in [3.63, 3.8) is 0 Å². The van der Waals surface area contributed by atoms with Gasteiger partial charge in [0.2, 0.25) is 5.91 Å². The number of nitrogens with one attached hydrogen (secondary N) is 1. The van der Waals surface area contributed by atoms with Crippen LogP contribution in [-0.4, -0.2) is 20.7 Å². The van der Waals surface area contributed by atoms with Gasteiger partial charge in [0.05, 0.1) is 6.54 Å². The number of carbonyl (C=O) groups excluding carboxylic acids is 1. The first-order valence-electron chi connectivity index (χ1n) is 5.12. The van der Waals surface area contributed by atoms with Crippen LogP contribution in [0.4, 0.5) is 10.1 Å². The van der Waals surface area contributed by atoms with E-state index < -0.39 is 0 Å². The molecule has 0 saturated heterocycles. The zero-order valence-corrected chi connectivity index (χ0v) is 9.01. The first kappa shape index (κ1) is 11.3. The smallest absolute Gasteiger partial charge is 0.226 e. The maximum absolute atomic E-state index is 12.6. The number of rotatable bonds is 4. The predicted molar refractivity (Wildman–Crippen MR) is 59.7 cm³/mol. The SMILES string of the molecule is O=C(CCn1cncn1)Nc1ccc(F)cc1. The molecular formula is C11H11FN4O. The van der Waals surface area contributed by atoms with E-state index in [4.69, 9.17) is 0 Å². The first-order valence-corrected chi connectivity index (χ1v) is 5.12. The van der Waals surface area contributed by atoms with Crippen LogP contribution in [0.3, 0.4) is 0 Å². The molecule has 88 valence electrons. The molecule has 1 aromatic heterocycles. The van der Waals surface area contributed by atoms with E-state index >= 15 is 0 Å². The average Bonchev–Trinajstić information content (AvgIpc) is 2.83. The van der Waals surface area contributed by atoms with Crippen LogP contribution >= 0.6 is 0 Å². The van der Waals surface area contributed by atoms with Gasteiger partial charge in [-0.15, -0.1) is 0 Å². The topological polar surface area (TPSA) is 59.8 Å². The third-order valence-corrected chi connectivity index (χ3v) is 2.16. The molecule has 1 N–H and O–H groups in total. The Balaban J connectivity index is 1.83. The molecule has 0 aliphatic rings. The van der Waals surface area contributed by atoms with Crippen molar-refractivity contribution in [2.75, 3.05) is 5.32 Å². The quantitative estimate of drug-likeness (QED) is 0.870. The minimum Gasteiger partial charge on any atom is -0.326 e. The summed E-state index contributed by atoms with van der Waals surface area (Å²) in [6.07, 6.45) is 3.25. The van der Waals surface area contributed by atoms with E-state index in [1.165, 1.54) is 30.6 Å². The summed E-state index contributed by atoms with van der Waals surface area (Å²) in [6, 6.07) is 5.63. The summed E-state index contributed by atoms with van der Waals surface area (Å²) < 4.78 is 14.2. The minimum atomic E-state index is -0.328. The second kappa shape index (κ2) is 5.20. The summed E-state index contributed by atoms with van der Waals surface area (Å²) in [4.78, 5) is 15.3. The Morgan fingerprint density at radius 1 is 1.35 bits per heavy atom. The van der Waals surface area contributed by atoms with E-state index in [2.05, 4.69) is 15.4 Å². The van der Waals surface area contributed by atoms with Gasteiger partial charge < -0.3 is 5.32 Å². The van der Waals surface area contributed by atoms with Crippen LogP contribution < -0.4 is 5.32 Å². The number of aromatic nitrogens is 3. The van der Waals surface area contributed by atoms with Gasteiger partial charge in [-0.2, -0.15) is 5.10 Å². The molecule has 0 fully saturated rings. The Morgan fingerprint density at radius 2 is 2.12 bits per heavy atom. The fraction of sp³-hybridized carbons (Fsp3) is 0.182. The van der Waals surface area contributed by atoms with Crippen molar-refractivity contribution in [3.8, 4) is 0 Å². The summed E-state index contributed by atoms with van der Waals surface area (Å²) in [5.74, 6) is -0.474. The molecule has 0 unspecified atom stereocenters. The number of amides is 1. The maximum Gasteiger partial charge on any atom is 0.226 e. The summed E-state index contributed by atoms with van der Waals surface area (Å²) in [6.45, 7) is 0.465. The van der Waals surface area contributed by atoms with Gasteiger partial charge in [-0.05, 0) is 24.3 Å². The molecule has 0 saturated carbocycles. The lowest BCUT2D eigenvalue weighted by atomic mass is 10.3. The molecule has 5 nitrogen and oxygen atoms in total. The van der Waals surface area contributed by atoms with Gasteiger partial charge in [-0.25, -0.2) is 9.37 Å². The molecule has 1 aromatic carbocycles. The molecule has 0 bridgehead atoms. The summed E-state index contributed by atoms with van der Waals surface area (Å²) in [5, 5.41) is 6.55. The van der Waals surface area contributed by atoms with Gasteiger partial charge in [0, 0.05) is 12.1 Å². The molecule has 0 radical (unpaired) electrons. The summed E-state index contributed by atoms with van der Waals surface area (Å²) in [7, 11) is 0. The largest absolute Gasteiger partial charge is 0.326 e. The zero-order valence-electron chi connectivity index (χ0n) is 9.01. The highest BCUT2D eigenvalue weighted by Gasteiger charge is 2.03. The highest BCUT2D eigenvalue weighted by atomic mass is 19.1. The van der Waals surface area contributed by atoms with Crippen molar-refractivity contribution in [1.29, 1.82) is 0 Å². The molecule has 6 heteroatoms. The highest BCUT2D eigenvalue weighted by Crippen LogP contribution is 2.08. The number of hydrogen-bond donors (Lipinski definition) is 1. The van der Waals surface area contributed by atoms with Crippen molar-refractivity contribution in [2.45, 2.75) is 13.0 Å². The van der Waals surface area contributed by atoms with Crippen molar-refractivity contribution in [3.05, 3.63) is 42.7 Å². The number of aryl methyl sites for hydroxylation is 1. The number of nitrogens with zero attached hydrogens (tertiary/aromatic N) is 3. The zero-order chi connectivity index (χ0) is 12.1. The van der Waals surface area contributed by atoms with Gasteiger partial charge in [0.15, 0.2) is 0 Å². The number of carbonyl (C=O) groups is 1. The monoisotopic (exact) mass is 234 g/mol. The lowest BCUT2D eigenvalue weighted by molar-refractivity contribution is -0.116. The molecule has 0 aliphatic carbocycles. The molecule has 17 heavy (non-hydrogen) atoms. The fourth-order valence-corrected chi connectivity index (χ4v) is 1.32. The lowest BCUT2D eigenvalue weighted by Crippen LogP contribution is -2.14. The lowest BCUT2D eigenvalue weighted by Gasteiger charge is -2.04. The van der Waals surface area contributed by atoms with E-state index in [1.807, 2.05) is 0 Å². The van der Waals surface area contributed by atoms with Crippen LogP contribution in [0.15, 0.2) is 36.9 Å². The second-order valence-corrected chi connectivity index (χ2v) is 3.46. The average molecular weight is 234 g/mol. The van der Waals surface area contributed by atoms with Crippen molar-refractivity contribution in [1.82, 2.24) is 14.8 Å². The summed E-state index contributed by atoms with van der Waals surface area (Å²) in [5.41, 5.74) is 0.579. The van der Waals surface area contributed by atoms with Crippen LogP contribution in [0.25, 0.3) is 0 Å². The predicted octanol–water partition coefficient (Wildman–Crippen LogP) is 1.45. The molecule has 2 aromatic rings. The van der Waals surface area contributed by atoms with Crippen LogP contribution in [0, 0.1) is 5.82 Å². The number of hydrogen-bond acceptors (Lipinski definition) is 3. The molecule has 0 aliphatic heterocycles.